The van der Waals surface area contributed by atoms with Crippen molar-refractivity contribution >= 4 is 0 Å². The van der Waals surface area contributed by atoms with Gasteiger partial charge in [0.25, 0.3) is 0 Å². The summed E-state index contributed by atoms with van der Waals surface area (Å²) in [5.74, 6) is 0. The predicted octanol–water partition coefficient (Wildman–Crippen LogP) is 1.06. The molecule has 0 radical (unpaired) electrons. The molecule has 0 aliphatic carbocycles. The Kier molecular flexibility index (Phi) is 3.02. The summed E-state index contributed by atoms with van der Waals surface area (Å²) in [6.07, 6.45) is 0. The summed E-state index contributed by atoms with van der Waals surface area (Å²) in [6, 6.07) is 0. The Morgan fingerprint density at radius 1 is 1.25 bits per heavy atom. The molecule has 0 rings (SSSR count). The molecule has 0 spiro atoms. The van der Waals surface area contributed by atoms with Crippen LogP contribution in [0, 0.1) is 0 Å². The fraction of sp³-hybridized carbons (Fsp3) is 1.00. The van der Waals surface area contributed by atoms with Gasteiger partial charge < -0.3 is 9.47 Å². The maximum atomic E-state index is 5.05. The van der Waals surface area contributed by atoms with E-state index in [2.05, 4.69) is 0 Å². The van der Waals surface area contributed by atoms with Crippen molar-refractivity contribution < 1.29 is 9.47 Å². The molecule has 0 bridgehead atoms. The van der Waals surface area contributed by atoms with Gasteiger partial charge in [-0.2, -0.15) is 0 Å². The third-order valence-electron chi connectivity index (χ3n) is 1.04. The van der Waals surface area contributed by atoms with Crippen molar-refractivity contribution in [3.63, 3.8) is 0 Å². The quantitative estimate of drug-likeness (QED) is 0.551. The average Bonchev–Trinajstić information content (AvgIpc) is 1.67. The summed E-state index contributed by atoms with van der Waals surface area (Å²) in [5, 5.41) is 0. The van der Waals surface area contributed by atoms with Crippen LogP contribution in [-0.2, 0) is 9.47 Å². The Morgan fingerprint density at radius 3 is 1.88 bits per heavy atom. The zero-order valence-corrected chi connectivity index (χ0v) is 6.02. The lowest BCUT2D eigenvalue weighted by atomic mass is 10.2. The van der Waals surface area contributed by atoms with Gasteiger partial charge in [-0.25, -0.2) is 0 Å². The lowest BCUT2D eigenvalue weighted by Gasteiger charge is -2.20. The molecule has 0 atom stereocenters. The fourth-order valence-electron chi connectivity index (χ4n) is 0.407. The molecule has 2 nitrogen and oxygen atoms in total. The molecular weight excluding hydrogens is 104 g/mol. The molecule has 0 aliphatic rings. The fourth-order valence-corrected chi connectivity index (χ4v) is 0.407. The van der Waals surface area contributed by atoms with Gasteiger partial charge >= 0.3 is 0 Å². The zero-order chi connectivity index (χ0) is 6.62. The summed E-state index contributed by atoms with van der Waals surface area (Å²) in [7, 11) is 3.35. The van der Waals surface area contributed by atoms with Gasteiger partial charge in [0.2, 0.25) is 0 Å². The van der Waals surface area contributed by atoms with E-state index in [0.717, 1.165) is 0 Å². The van der Waals surface area contributed by atoms with Gasteiger partial charge in [0.05, 0.1) is 12.2 Å². The van der Waals surface area contributed by atoms with Crippen LogP contribution in [0.15, 0.2) is 0 Å². The minimum Gasteiger partial charge on any atom is -0.382 e. The normalized spacial score (nSPS) is 12.0. The van der Waals surface area contributed by atoms with Gasteiger partial charge in [0.15, 0.2) is 0 Å². The largest absolute Gasteiger partial charge is 0.382 e. The van der Waals surface area contributed by atoms with Gasteiger partial charge in [0.1, 0.15) is 0 Å². The van der Waals surface area contributed by atoms with Crippen molar-refractivity contribution in [1.82, 2.24) is 0 Å². The standard InChI is InChI=1S/C6H14O2/c1-6(2,8-4)5-7-3/h5H2,1-4H3. The first-order valence-electron chi connectivity index (χ1n) is 2.66. The van der Waals surface area contributed by atoms with Crippen LogP contribution in [0.4, 0.5) is 0 Å². The molecule has 0 aromatic heterocycles. The molecule has 0 aromatic rings. The van der Waals surface area contributed by atoms with Gasteiger partial charge in [0, 0.05) is 14.2 Å². The predicted molar refractivity (Wildman–Crippen MR) is 33.0 cm³/mol. The van der Waals surface area contributed by atoms with Crippen LogP contribution >= 0.6 is 0 Å². The SMILES string of the molecule is COCC(C)(C)OC. The second-order valence-electron chi connectivity index (χ2n) is 2.40. The van der Waals surface area contributed by atoms with E-state index >= 15 is 0 Å². The van der Waals surface area contributed by atoms with E-state index in [4.69, 9.17) is 9.47 Å². The van der Waals surface area contributed by atoms with Crippen LogP contribution in [0.5, 0.6) is 0 Å². The molecule has 0 N–H and O–H groups in total. The Balaban J connectivity index is 3.37. The highest BCUT2D eigenvalue weighted by Crippen LogP contribution is 2.05. The topological polar surface area (TPSA) is 18.5 Å². The molecule has 2 heteroatoms. The van der Waals surface area contributed by atoms with E-state index in [1.54, 1.807) is 14.2 Å². The molecular formula is C6H14O2. The summed E-state index contributed by atoms with van der Waals surface area (Å²) >= 11 is 0. The highest BCUT2D eigenvalue weighted by atomic mass is 16.5. The molecule has 0 amide bonds. The van der Waals surface area contributed by atoms with E-state index in [1.807, 2.05) is 13.8 Å². The van der Waals surface area contributed by atoms with Crippen molar-refractivity contribution in [2.45, 2.75) is 19.4 Å². The van der Waals surface area contributed by atoms with E-state index in [0.29, 0.717) is 6.61 Å². The van der Waals surface area contributed by atoms with Gasteiger partial charge in [-0.05, 0) is 13.8 Å². The molecule has 0 unspecified atom stereocenters. The van der Waals surface area contributed by atoms with Crippen LogP contribution < -0.4 is 0 Å². The summed E-state index contributed by atoms with van der Waals surface area (Å²) in [6.45, 7) is 4.61. The van der Waals surface area contributed by atoms with E-state index in [1.165, 1.54) is 0 Å². The number of methoxy groups -OCH3 is 2. The van der Waals surface area contributed by atoms with Crippen LogP contribution in [0.25, 0.3) is 0 Å². The zero-order valence-electron chi connectivity index (χ0n) is 6.02. The monoisotopic (exact) mass is 118 g/mol. The molecule has 0 aliphatic heterocycles. The molecule has 50 valence electrons. The minimum atomic E-state index is -0.130. The number of hydrogen-bond acceptors (Lipinski definition) is 2. The summed E-state index contributed by atoms with van der Waals surface area (Å²) < 4.78 is 9.93. The molecule has 8 heavy (non-hydrogen) atoms. The second-order valence-corrected chi connectivity index (χ2v) is 2.40. The van der Waals surface area contributed by atoms with Crippen molar-refractivity contribution in [3.8, 4) is 0 Å². The smallest absolute Gasteiger partial charge is 0.0855 e. The van der Waals surface area contributed by atoms with Gasteiger partial charge in [-0.15, -0.1) is 0 Å². The number of ether oxygens (including phenoxy) is 2. The van der Waals surface area contributed by atoms with Crippen LogP contribution in [0.1, 0.15) is 13.8 Å². The highest BCUT2D eigenvalue weighted by molar-refractivity contribution is 4.64. The van der Waals surface area contributed by atoms with Crippen molar-refractivity contribution in [2.75, 3.05) is 20.8 Å². The minimum absolute atomic E-state index is 0.130. The summed E-state index contributed by atoms with van der Waals surface area (Å²) in [4.78, 5) is 0. The van der Waals surface area contributed by atoms with Gasteiger partial charge in [-0.3, -0.25) is 0 Å². The Labute approximate surface area is 50.8 Å². The molecule has 0 saturated heterocycles. The number of rotatable bonds is 3. The molecule has 0 saturated carbocycles. The maximum Gasteiger partial charge on any atom is 0.0855 e. The van der Waals surface area contributed by atoms with Crippen molar-refractivity contribution in [2.24, 2.45) is 0 Å². The first kappa shape index (κ1) is 7.92. The third-order valence-corrected chi connectivity index (χ3v) is 1.04. The maximum absolute atomic E-state index is 5.05. The van der Waals surface area contributed by atoms with Crippen LogP contribution in [-0.4, -0.2) is 26.4 Å². The van der Waals surface area contributed by atoms with Gasteiger partial charge in [-0.1, -0.05) is 0 Å². The number of hydrogen-bond donors (Lipinski definition) is 0. The Morgan fingerprint density at radius 2 is 1.75 bits per heavy atom. The second kappa shape index (κ2) is 3.05. The lowest BCUT2D eigenvalue weighted by molar-refractivity contribution is -0.0370. The average molecular weight is 118 g/mol. The van der Waals surface area contributed by atoms with Crippen LogP contribution in [0.3, 0.4) is 0 Å². The highest BCUT2D eigenvalue weighted by Gasteiger charge is 2.14. The molecule has 0 aromatic carbocycles. The van der Waals surface area contributed by atoms with E-state index in [9.17, 15) is 0 Å². The third kappa shape index (κ3) is 2.99. The van der Waals surface area contributed by atoms with E-state index in [-0.39, 0.29) is 5.60 Å². The summed E-state index contributed by atoms with van der Waals surface area (Å²) in [5.41, 5.74) is -0.130. The first-order chi connectivity index (χ1) is 3.62. The van der Waals surface area contributed by atoms with Crippen LogP contribution in [0.2, 0.25) is 0 Å². The molecule has 0 fully saturated rings. The van der Waals surface area contributed by atoms with Crippen molar-refractivity contribution in [3.05, 3.63) is 0 Å². The molecule has 0 heterocycles. The van der Waals surface area contributed by atoms with E-state index < -0.39 is 0 Å². The lowest BCUT2D eigenvalue weighted by Crippen LogP contribution is -2.28. The Hall–Kier alpha value is -0.0800. The first-order valence-corrected chi connectivity index (χ1v) is 2.66. The van der Waals surface area contributed by atoms with Crippen molar-refractivity contribution in [1.29, 1.82) is 0 Å². The Bertz CT molecular complexity index is 59.5.